The van der Waals surface area contributed by atoms with Crippen molar-refractivity contribution >= 4 is 16.9 Å². The number of nitrogens with one attached hydrogen (secondary N) is 1. The molecule has 0 bridgehead atoms. The summed E-state index contributed by atoms with van der Waals surface area (Å²) in [4.78, 5) is 20.3. The van der Waals surface area contributed by atoms with Crippen LogP contribution in [0.4, 0.5) is 5.82 Å². The van der Waals surface area contributed by atoms with Crippen molar-refractivity contribution in [3.8, 4) is 0 Å². The molecule has 0 unspecified atom stereocenters. The summed E-state index contributed by atoms with van der Waals surface area (Å²) in [5.41, 5.74) is 3.12. The number of aromatic nitrogens is 7. The summed E-state index contributed by atoms with van der Waals surface area (Å²) in [6.45, 7) is 0.175. The van der Waals surface area contributed by atoms with Gasteiger partial charge in [0.1, 0.15) is 5.39 Å². The molecular weight excluding hydrogens is 262 g/mol. The Morgan fingerprint density at radius 2 is 2.15 bits per heavy atom. The number of nitrogen functional groups attached to an aromatic ring is 1. The van der Waals surface area contributed by atoms with Crippen LogP contribution >= 0.6 is 0 Å². The number of rotatable bonds is 3. The van der Waals surface area contributed by atoms with E-state index in [9.17, 15) is 4.79 Å². The normalized spacial score (nSPS) is 10.9. The molecule has 3 heterocycles. The van der Waals surface area contributed by atoms with Crippen LogP contribution in [-0.2, 0) is 13.6 Å². The molecule has 0 atom stereocenters. The second-order valence-corrected chi connectivity index (χ2v) is 4.10. The highest BCUT2D eigenvalue weighted by Crippen LogP contribution is 2.03. The number of nitrogens with two attached hydrogens (primary N) is 1. The highest BCUT2D eigenvalue weighted by Gasteiger charge is 2.10. The Kier molecular flexibility index (Phi) is 2.84. The van der Waals surface area contributed by atoms with Crippen LogP contribution in [-0.4, -0.2) is 34.7 Å². The van der Waals surface area contributed by atoms with Crippen LogP contribution < -0.4 is 16.8 Å². The maximum absolute atomic E-state index is 12.2. The molecule has 0 aliphatic rings. The zero-order valence-corrected chi connectivity index (χ0v) is 10.6. The average Bonchev–Trinajstić information content (AvgIpc) is 2.85. The summed E-state index contributed by atoms with van der Waals surface area (Å²) in [5, 5.41) is 12.2. The van der Waals surface area contributed by atoms with E-state index < -0.39 is 0 Å². The van der Waals surface area contributed by atoms with Crippen molar-refractivity contribution < 1.29 is 0 Å². The van der Waals surface area contributed by atoms with Crippen molar-refractivity contribution in [1.82, 2.24) is 34.7 Å². The Morgan fingerprint density at radius 1 is 1.30 bits per heavy atom. The number of anilines is 1. The van der Waals surface area contributed by atoms with Crippen LogP contribution in [0.5, 0.6) is 0 Å². The van der Waals surface area contributed by atoms with E-state index in [4.69, 9.17) is 5.84 Å². The molecule has 0 amide bonds. The number of hydrogen-bond acceptors (Lipinski definition) is 8. The number of nitrogens with zero attached hydrogens (tertiary/aromatic N) is 7. The first-order chi connectivity index (χ1) is 9.69. The van der Waals surface area contributed by atoms with Crippen molar-refractivity contribution in [1.29, 1.82) is 0 Å². The smallest absolute Gasteiger partial charge is 0.281 e. The molecule has 20 heavy (non-hydrogen) atoms. The highest BCUT2D eigenvalue weighted by molar-refractivity contribution is 5.72. The standard InChI is InChI=1S/C10H11N9O/c1-18-9-7(3-14-18)10(20)19(17-16-9)5-6-2-13-8(15-11)4-12-6/h2-4H,5,11H2,1H3,(H,13,15). The van der Waals surface area contributed by atoms with Crippen LogP contribution in [0, 0.1) is 0 Å². The predicted molar refractivity (Wildman–Crippen MR) is 69.5 cm³/mol. The van der Waals surface area contributed by atoms with Crippen LogP contribution in [0.25, 0.3) is 11.0 Å². The van der Waals surface area contributed by atoms with Gasteiger partial charge in [-0.15, -0.1) is 5.10 Å². The first-order valence-electron chi connectivity index (χ1n) is 5.72. The topological polar surface area (TPSA) is 129 Å². The van der Waals surface area contributed by atoms with Gasteiger partial charge in [0.15, 0.2) is 11.5 Å². The molecule has 102 valence electrons. The zero-order chi connectivity index (χ0) is 14.1. The highest BCUT2D eigenvalue weighted by atomic mass is 16.1. The van der Waals surface area contributed by atoms with Crippen molar-refractivity contribution in [2.24, 2.45) is 12.9 Å². The molecule has 0 saturated carbocycles. The molecule has 3 rings (SSSR count). The van der Waals surface area contributed by atoms with E-state index in [-0.39, 0.29) is 12.1 Å². The minimum atomic E-state index is -0.272. The van der Waals surface area contributed by atoms with Crippen LogP contribution in [0.2, 0.25) is 0 Å². The van der Waals surface area contributed by atoms with E-state index in [0.717, 1.165) is 0 Å². The molecular formula is C10H11N9O. The summed E-state index contributed by atoms with van der Waals surface area (Å²) >= 11 is 0. The SMILES string of the molecule is Cn1ncc2c(=O)n(Cc3cnc(NN)cn3)nnc21. The third-order valence-electron chi connectivity index (χ3n) is 2.78. The molecule has 3 aromatic rings. The van der Waals surface area contributed by atoms with Gasteiger partial charge in [-0.2, -0.15) is 5.10 Å². The first-order valence-corrected chi connectivity index (χ1v) is 5.72. The lowest BCUT2D eigenvalue weighted by atomic mass is 10.4. The van der Waals surface area contributed by atoms with Gasteiger partial charge >= 0.3 is 0 Å². The maximum Gasteiger partial charge on any atom is 0.281 e. The molecule has 0 fully saturated rings. The lowest BCUT2D eigenvalue weighted by Crippen LogP contribution is -2.25. The summed E-state index contributed by atoms with van der Waals surface area (Å²) in [5.74, 6) is 5.64. The lowest BCUT2D eigenvalue weighted by Gasteiger charge is -2.03. The van der Waals surface area contributed by atoms with Gasteiger partial charge in [0.25, 0.3) is 5.56 Å². The number of aryl methyl sites for hydroxylation is 1. The molecule has 10 nitrogen and oxygen atoms in total. The molecule has 0 aromatic carbocycles. The quantitative estimate of drug-likeness (QED) is 0.442. The lowest BCUT2D eigenvalue weighted by molar-refractivity contribution is 0.586. The minimum absolute atomic E-state index is 0.175. The Morgan fingerprint density at radius 3 is 2.85 bits per heavy atom. The minimum Gasteiger partial charge on any atom is -0.307 e. The summed E-state index contributed by atoms with van der Waals surface area (Å²) in [6.07, 6.45) is 4.45. The van der Waals surface area contributed by atoms with Crippen molar-refractivity contribution in [2.75, 3.05) is 5.43 Å². The van der Waals surface area contributed by atoms with Gasteiger partial charge < -0.3 is 5.43 Å². The molecule has 0 saturated heterocycles. The fourth-order valence-corrected chi connectivity index (χ4v) is 1.74. The first kappa shape index (κ1) is 12.2. The third kappa shape index (κ3) is 1.97. The van der Waals surface area contributed by atoms with Crippen LogP contribution in [0.1, 0.15) is 5.69 Å². The van der Waals surface area contributed by atoms with Gasteiger partial charge in [-0.25, -0.2) is 20.2 Å². The maximum atomic E-state index is 12.2. The van der Waals surface area contributed by atoms with E-state index in [0.29, 0.717) is 22.5 Å². The van der Waals surface area contributed by atoms with Crippen LogP contribution in [0.15, 0.2) is 23.4 Å². The second-order valence-electron chi connectivity index (χ2n) is 4.10. The van der Waals surface area contributed by atoms with Crippen molar-refractivity contribution in [3.63, 3.8) is 0 Å². The van der Waals surface area contributed by atoms with Crippen LogP contribution in [0.3, 0.4) is 0 Å². The van der Waals surface area contributed by atoms with Crippen molar-refractivity contribution in [2.45, 2.75) is 6.54 Å². The van der Waals surface area contributed by atoms with Gasteiger partial charge in [0.05, 0.1) is 30.8 Å². The van der Waals surface area contributed by atoms with Gasteiger partial charge in [-0.1, -0.05) is 5.21 Å². The molecule has 0 radical (unpaired) electrons. The summed E-state index contributed by atoms with van der Waals surface area (Å²) in [7, 11) is 1.70. The molecule has 3 aromatic heterocycles. The molecule has 3 N–H and O–H groups in total. The van der Waals surface area contributed by atoms with E-state index in [1.165, 1.54) is 28.0 Å². The number of hydrogen-bond donors (Lipinski definition) is 2. The molecule has 0 spiro atoms. The van der Waals surface area contributed by atoms with E-state index in [1.54, 1.807) is 7.05 Å². The Balaban J connectivity index is 1.97. The molecule has 10 heteroatoms. The summed E-state index contributed by atoms with van der Waals surface area (Å²) in [6, 6.07) is 0. The monoisotopic (exact) mass is 273 g/mol. The third-order valence-corrected chi connectivity index (χ3v) is 2.78. The Hall–Kier alpha value is -2.88. The Bertz CT molecular complexity index is 804. The largest absolute Gasteiger partial charge is 0.307 e. The number of hydrazine groups is 1. The van der Waals surface area contributed by atoms with E-state index in [1.807, 2.05) is 0 Å². The zero-order valence-electron chi connectivity index (χ0n) is 10.6. The Labute approximate surface area is 112 Å². The molecule has 0 aliphatic heterocycles. The van der Waals surface area contributed by atoms with Gasteiger partial charge in [-0.05, 0) is 0 Å². The van der Waals surface area contributed by atoms with Gasteiger partial charge in [-0.3, -0.25) is 9.78 Å². The van der Waals surface area contributed by atoms with E-state index in [2.05, 4.69) is 30.8 Å². The van der Waals surface area contributed by atoms with Gasteiger partial charge in [0, 0.05) is 7.05 Å². The fraction of sp³-hybridized carbons (Fsp3) is 0.200. The average molecular weight is 273 g/mol. The second kappa shape index (κ2) is 4.66. The van der Waals surface area contributed by atoms with Gasteiger partial charge in [0.2, 0.25) is 0 Å². The summed E-state index contributed by atoms with van der Waals surface area (Å²) < 4.78 is 2.71. The predicted octanol–water partition coefficient (Wildman–Crippen LogP) is -1.35. The van der Waals surface area contributed by atoms with E-state index >= 15 is 0 Å². The number of fused-ring (bicyclic) bond motifs is 1. The molecule has 0 aliphatic carbocycles. The van der Waals surface area contributed by atoms with Crippen molar-refractivity contribution in [3.05, 3.63) is 34.6 Å². The fourth-order valence-electron chi connectivity index (χ4n) is 1.74.